The Morgan fingerprint density at radius 3 is 3.00 bits per heavy atom. The van der Waals surface area contributed by atoms with Crippen molar-refractivity contribution < 1.29 is 19.1 Å². The number of amides is 2. The maximum atomic E-state index is 12.5. The van der Waals surface area contributed by atoms with Crippen LogP contribution < -0.4 is 0 Å². The zero-order chi connectivity index (χ0) is 16.9. The van der Waals surface area contributed by atoms with Crippen LogP contribution in [0.2, 0.25) is 0 Å². The predicted octanol–water partition coefficient (Wildman–Crippen LogP) is 1.16. The van der Waals surface area contributed by atoms with Crippen molar-refractivity contribution in [3.05, 3.63) is 22.4 Å². The number of ether oxygens (including phenoxy) is 2. The first-order valence-corrected chi connectivity index (χ1v) is 9.32. The predicted molar refractivity (Wildman–Crippen MR) is 91.0 cm³/mol. The number of hydrogen-bond donors (Lipinski definition) is 0. The lowest BCUT2D eigenvalue weighted by molar-refractivity contribution is -0.158. The smallest absolute Gasteiger partial charge is 0.249 e. The van der Waals surface area contributed by atoms with Gasteiger partial charge in [-0.15, -0.1) is 0 Å². The molecule has 132 valence electrons. The maximum absolute atomic E-state index is 12.5. The normalized spacial score (nSPS) is 24.6. The van der Waals surface area contributed by atoms with Crippen LogP contribution in [0.1, 0.15) is 18.4 Å². The number of fused-ring (bicyclic) bond motifs is 1. The summed E-state index contributed by atoms with van der Waals surface area (Å²) in [6, 6.07) is 2.04. The first kappa shape index (κ1) is 17.4. The summed E-state index contributed by atoms with van der Waals surface area (Å²) in [4.78, 5) is 28.5. The topological polar surface area (TPSA) is 59.1 Å². The number of carbonyl (C=O) groups excluding carboxylic acids is 2. The Hall–Kier alpha value is -1.44. The molecule has 2 aliphatic heterocycles. The van der Waals surface area contributed by atoms with E-state index in [1.54, 1.807) is 18.4 Å². The lowest BCUT2D eigenvalue weighted by Crippen LogP contribution is -2.55. The monoisotopic (exact) mass is 352 g/mol. The molecule has 7 heteroatoms. The minimum atomic E-state index is 0.0125. The van der Waals surface area contributed by atoms with E-state index in [1.165, 1.54) is 0 Å². The average Bonchev–Trinajstić information content (AvgIpc) is 2.98. The number of nitrogens with zero attached hydrogens (tertiary/aromatic N) is 2. The van der Waals surface area contributed by atoms with E-state index in [0.29, 0.717) is 32.7 Å². The number of thiophene rings is 1. The zero-order valence-corrected chi connectivity index (χ0v) is 14.8. The number of likely N-dealkylation sites (tertiary alicyclic amines) is 1. The molecule has 3 rings (SSSR count). The van der Waals surface area contributed by atoms with Crippen LogP contribution in [0.15, 0.2) is 16.8 Å². The van der Waals surface area contributed by atoms with E-state index in [4.69, 9.17) is 9.47 Å². The summed E-state index contributed by atoms with van der Waals surface area (Å²) < 4.78 is 10.9. The van der Waals surface area contributed by atoms with Gasteiger partial charge in [0.25, 0.3) is 0 Å². The van der Waals surface area contributed by atoms with Gasteiger partial charge in [0.2, 0.25) is 11.8 Å². The summed E-state index contributed by atoms with van der Waals surface area (Å²) >= 11 is 1.61. The number of rotatable bonds is 5. The van der Waals surface area contributed by atoms with Gasteiger partial charge in [-0.05, 0) is 35.2 Å². The number of morpholine rings is 1. The molecule has 6 nitrogen and oxygen atoms in total. The number of hydrogen-bond acceptors (Lipinski definition) is 5. The van der Waals surface area contributed by atoms with Crippen molar-refractivity contribution in [2.24, 2.45) is 0 Å². The fourth-order valence-corrected chi connectivity index (χ4v) is 4.14. The minimum absolute atomic E-state index is 0.0125. The highest BCUT2D eigenvalue weighted by Crippen LogP contribution is 2.24. The summed E-state index contributed by atoms with van der Waals surface area (Å²) in [7, 11) is 1.64. The van der Waals surface area contributed by atoms with Crippen LogP contribution in [-0.4, -0.2) is 73.7 Å². The highest BCUT2D eigenvalue weighted by molar-refractivity contribution is 7.08. The highest BCUT2D eigenvalue weighted by Gasteiger charge is 2.38. The molecule has 2 saturated heterocycles. The van der Waals surface area contributed by atoms with Gasteiger partial charge in [0.05, 0.1) is 25.2 Å². The molecule has 0 aliphatic carbocycles. The molecule has 0 spiro atoms. The molecule has 0 unspecified atom stereocenters. The van der Waals surface area contributed by atoms with Gasteiger partial charge in [0.15, 0.2) is 0 Å². The van der Waals surface area contributed by atoms with Crippen molar-refractivity contribution >= 4 is 23.2 Å². The molecule has 0 bridgehead atoms. The van der Waals surface area contributed by atoms with Crippen molar-refractivity contribution in [1.82, 2.24) is 9.80 Å². The summed E-state index contributed by atoms with van der Waals surface area (Å²) in [6.07, 6.45) is 2.00. The van der Waals surface area contributed by atoms with E-state index in [-0.39, 0.29) is 30.6 Å². The Kier molecular flexibility index (Phi) is 5.86. The number of carbonyl (C=O) groups is 2. The molecule has 2 fully saturated rings. The van der Waals surface area contributed by atoms with E-state index in [2.05, 4.69) is 0 Å². The molecule has 0 radical (unpaired) electrons. The largest absolute Gasteiger partial charge is 0.383 e. The van der Waals surface area contributed by atoms with Crippen LogP contribution in [0.5, 0.6) is 0 Å². The van der Waals surface area contributed by atoms with Crippen molar-refractivity contribution in [2.75, 3.05) is 40.0 Å². The van der Waals surface area contributed by atoms with E-state index in [0.717, 1.165) is 18.4 Å². The zero-order valence-electron chi connectivity index (χ0n) is 14.0. The molecule has 24 heavy (non-hydrogen) atoms. The molecule has 1 aromatic heterocycles. The Labute approximate surface area is 146 Å². The fourth-order valence-electron chi connectivity index (χ4n) is 3.47. The van der Waals surface area contributed by atoms with Crippen LogP contribution in [0.25, 0.3) is 0 Å². The third-order valence-corrected chi connectivity index (χ3v) is 5.51. The van der Waals surface area contributed by atoms with Crippen LogP contribution >= 0.6 is 11.3 Å². The number of methoxy groups -OCH3 is 1. The molecule has 3 heterocycles. The molecule has 2 amide bonds. The van der Waals surface area contributed by atoms with Crippen LogP contribution in [0.3, 0.4) is 0 Å². The average molecular weight is 352 g/mol. The van der Waals surface area contributed by atoms with E-state index < -0.39 is 0 Å². The second kappa shape index (κ2) is 8.09. The van der Waals surface area contributed by atoms with Crippen molar-refractivity contribution in [3.63, 3.8) is 0 Å². The second-order valence-corrected chi connectivity index (χ2v) is 7.04. The molecule has 0 aromatic carbocycles. The summed E-state index contributed by atoms with van der Waals surface area (Å²) in [6.45, 7) is 2.60. The van der Waals surface area contributed by atoms with Gasteiger partial charge in [-0.1, -0.05) is 0 Å². The lowest BCUT2D eigenvalue weighted by Gasteiger charge is -2.40. The molecular formula is C17H24N2O4S. The second-order valence-electron chi connectivity index (χ2n) is 6.26. The van der Waals surface area contributed by atoms with E-state index in [9.17, 15) is 9.59 Å². The SMILES string of the molecule is COCCN1C(=O)CO[C@H]2CCN(C(=O)Cc3ccsc3)CC[C@@H]21. The Balaban J connectivity index is 1.62. The molecule has 0 N–H and O–H groups in total. The van der Waals surface area contributed by atoms with Gasteiger partial charge in [-0.25, -0.2) is 0 Å². The van der Waals surface area contributed by atoms with Gasteiger partial charge in [0.1, 0.15) is 6.61 Å². The first-order valence-electron chi connectivity index (χ1n) is 8.38. The van der Waals surface area contributed by atoms with Gasteiger partial charge in [-0.2, -0.15) is 11.3 Å². The molecule has 2 aliphatic rings. The first-order chi connectivity index (χ1) is 11.7. The third-order valence-electron chi connectivity index (χ3n) is 4.77. The lowest BCUT2D eigenvalue weighted by atomic mass is 10.0. The summed E-state index contributed by atoms with van der Waals surface area (Å²) in [5.41, 5.74) is 1.07. The molecule has 0 saturated carbocycles. The molecule has 1 aromatic rings. The van der Waals surface area contributed by atoms with Crippen LogP contribution in [-0.2, 0) is 25.5 Å². The summed E-state index contributed by atoms with van der Waals surface area (Å²) in [5.74, 6) is 0.174. The van der Waals surface area contributed by atoms with Crippen molar-refractivity contribution in [2.45, 2.75) is 31.4 Å². The molecule has 2 atom stereocenters. The fraction of sp³-hybridized carbons (Fsp3) is 0.647. The van der Waals surface area contributed by atoms with E-state index >= 15 is 0 Å². The summed E-state index contributed by atoms with van der Waals surface area (Å²) in [5, 5.41) is 4.01. The van der Waals surface area contributed by atoms with Crippen LogP contribution in [0, 0.1) is 0 Å². The Morgan fingerprint density at radius 2 is 2.25 bits per heavy atom. The highest BCUT2D eigenvalue weighted by atomic mass is 32.1. The standard InChI is InChI=1S/C17H24N2O4S/c1-22-8-7-19-14-2-5-18(6-3-15(14)23-11-17(19)21)16(20)10-13-4-9-24-12-13/h4,9,12,14-15H,2-3,5-8,10-11H2,1H3/t14-,15-/m0/s1. The van der Waals surface area contributed by atoms with Gasteiger partial charge >= 0.3 is 0 Å². The minimum Gasteiger partial charge on any atom is -0.383 e. The van der Waals surface area contributed by atoms with Gasteiger partial charge < -0.3 is 19.3 Å². The van der Waals surface area contributed by atoms with Gasteiger partial charge in [-0.3, -0.25) is 9.59 Å². The quantitative estimate of drug-likeness (QED) is 0.798. The van der Waals surface area contributed by atoms with Gasteiger partial charge in [0, 0.05) is 26.7 Å². The van der Waals surface area contributed by atoms with Crippen molar-refractivity contribution in [3.8, 4) is 0 Å². The van der Waals surface area contributed by atoms with Crippen LogP contribution in [0.4, 0.5) is 0 Å². The third kappa shape index (κ3) is 3.96. The van der Waals surface area contributed by atoms with Crippen molar-refractivity contribution in [1.29, 1.82) is 0 Å². The Morgan fingerprint density at radius 1 is 1.42 bits per heavy atom. The maximum Gasteiger partial charge on any atom is 0.249 e. The molecular weight excluding hydrogens is 328 g/mol. The Bertz CT molecular complexity index is 563. The van der Waals surface area contributed by atoms with E-state index in [1.807, 2.05) is 26.6 Å².